The summed E-state index contributed by atoms with van der Waals surface area (Å²) in [5.74, 6) is 1.41. The van der Waals surface area contributed by atoms with Gasteiger partial charge in [-0.25, -0.2) is 0 Å². The number of aryl methyl sites for hydroxylation is 1. The first kappa shape index (κ1) is 21.4. The Morgan fingerprint density at radius 1 is 1.00 bits per heavy atom. The highest BCUT2D eigenvalue weighted by molar-refractivity contribution is 5.92. The van der Waals surface area contributed by atoms with Crippen molar-refractivity contribution in [1.29, 1.82) is 0 Å². The smallest absolute Gasteiger partial charge is 0.226 e. The number of ether oxygens (including phenoxy) is 2. The lowest BCUT2D eigenvalue weighted by molar-refractivity contribution is -0.115. The Morgan fingerprint density at radius 2 is 1.75 bits per heavy atom. The van der Waals surface area contributed by atoms with E-state index in [2.05, 4.69) is 41.5 Å². The van der Waals surface area contributed by atoms with Gasteiger partial charge in [0.2, 0.25) is 5.91 Å². The molecule has 0 atom stereocenters. The van der Waals surface area contributed by atoms with Crippen molar-refractivity contribution in [2.24, 2.45) is 0 Å². The molecule has 2 aromatic rings. The van der Waals surface area contributed by atoms with E-state index >= 15 is 0 Å². The van der Waals surface area contributed by atoms with Gasteiger partial charge in [0.05, 0.1) is 19.9 Å². The molecular formula is C22H31N3O3. The highest BCUT2D eigenvalue weighted by atomic mass is 16.5. The number of rotatable bonds is 10. The molecule has 152 valence electrons. The Hall–Kier alpha value is -2.89. The van der Waals surface area contributed by atoms with E-state index in [4.69, 9.17) is 9.47 Å². The average Bonchev–Trinajstić information content (AvgIpc) is 2.70. The Morgan fingerprint density at radius 3 is 2.36 bits per heavy atom. The van der Waals surface area contributed by atoms with Crippen molar-refractivity contribution in [2.45, 2.75) is 27.2 Å². The molecule has 0 fully saturated rings. The Balaban J connectivity index is 1.93. The van der Waals surface area contributed by atoms with Crippen molar-refractivity contribution >= 4 is 23.0 Å². The largest absolute Gasteiger partial charge is 0.497 e. The minimum atomic E-state index is -0.0342. The lowest BCUT2D eigenvalue weighted by Crippen LogP contribution is -2.22. The summed E-state index contributed by atoms with van der Waals surface area (Å²) < 4.78 is 10.6. The first-order valence-electron chi connectivity index (χ1n) is 9.63. The fraction of sp³-hybridized carbons (Fsp3) is 0.409. The van der Waals surface area contributed by atoms with Crippen LogP contribution in [-0.4, -0.2) is 39.8 Å². The SMILES string of the molecule is CCN(CC)c1ccc(NC(=O)CCNc2cc(OC)ccc2OC)c(C)c1. The molecular weight excluding hydrogens is 354 g/mol. The van der Waals surface area contributed by atoms with Crippen molar-refractivity contribution in [3.8, 4) is 11.5 Å². The number of carbonyl (C=O) groups excluding carboxylic acids is 1. The Bertz CT molecular complexity index is 789. The van der Waals surface area contributed by atoms with Crippen LogP contribution < -0.4 is 25.0 Å². The van der Waals surface area contributed by atoms with Gasteiger partial charge in [-0.1, -0.05) is 0 Å². The third kappa shape index (κ3) is 5.55. The number of carbonyl (C=O) groups is 1. The van der Waals surface area contributed by atoms with Crippen molar-refractivity contribution in [2.75, 3.05) is 49.4 Å². The van der Waals surface area contributed by atoms with Gasteiger partial charge in [0, 0.05) is 43.5 Å². The van der Waals surface area contributed by atoms with E-state index in [-0.39, 0.29) is 5.91 Å². The first-order chi connectivity index (χ1) is 13.5. The maximum absolute atomic E-state index is 12.3. The molecule has 28 heavy (non-hydrogen) atoms. The van der Waals surface area contributed by atoms with E-state index in [1.165, 1.54) is 5.69 Å². The Kier molecular flexibility index (Phi) is 7.99. The number of hydrogen-bond donors (Lipinski definition) is 2. The number of anilines is 3. The van der Waals surface area contributed by atoms with Crippen LogP contribution in [0.2, 0.25) is 0 Å². The minimum Gasteiger partial charge on any atom is -0.497 e. The highest BCUT2D eigenvalue weighted by Crippen LogP contribution is 2.29. The van der Waals surface area contributed by atoms with Crippen LogP contribution in [0.25, 0.3) is 0 Å². The van der Waals surface area contributed by atoms with Gasteiger partial charge in [-0.3, -0.25) is 4.79 Å². The van der Waals surface area contributed by atoms with Gasteiger partial charge in [0.15, 0.2) is 0 Å². The molecule has 0 radical (unpaired) electrons. The van der Waals surface area contributed by atoms with Gasteiger partial charge in [-0.2, -0.15) is 0 Å². The molecule has 1 amide bonds. The van der Waals surface area contributed by atoms with Crippen LogP contribution in [0.4, 0.5) is 17.1 Å². The molecule has 0 bridgehead atoms. The predicted octanol–water partition coefficient (Wildman–Crippen LogP) is 4.30. The van der Waals surface area contributed by atoms with Crippen LogP contribution in [0.15, 0.2) is 36.4 Å². The molecule has 6 nitrogen and oxygen atoms in total. The molecule has 0 unspecified atom stereocenters. The monoisotopic (exact) mass is 385 g/mol. The molecule has 0 heterocycles. The van der Waals surface area contributed by atoms with E-state index in [1.54, 1.807) is 14.2 Å². The minimum absolute atomic E-state index is 0.0342. The molecule has 0 aliphatic rings. The summed E-state index contributed by atoms with van der Waals surface area (Å²) >= 11 is 0. The summed E-state index contributed by atoms with van der Waals surface area (Å²) in [6, 6.07) is 11.7. The summed E-state index contributed by atoms with van der Waals surface area (Å²) in [4.78, 5) is 14.6. The number of benzene rings is 2. The van der Waals surface area contributed by atoms with E-state index in [1.807, 2.05) is 31.2 Å². The van der Waals surface area contributed by atoms with Crippen LogP contribution in [0.1, 0.15) is 25.8 Å². The van der Waals surface area contributed by atoms with Crippen LogP contribution >= 0.6 is 0 Å². The quantitative estimate of drug-likeness (QED) is 0.638. The lowest BCUT2D eigenvalue weighted by Gasteiger charge is -2.22. The zero-order chi connectivity index (χ0) is 20.5. The summed E-state index contributed by atoms with van der Waals surface area (Å²) in [6.07, 6.45) is 0.345. The highest BCUT2D eigenvalue weighted by Gasteiger charge is 2.09. The third-order valence-corrected chi connectivity index (χ3v) is 4.69. The molecule has 0 aliphatic carbocycles. The average molecular weight is 386 g/mol. The maximum Gasteiger partial charge on any atom is 0.226 e. The molecule has 6 heteroatoms. The van der Waals surface area contributed by atoms with Crippen molar-refractivity contribution in [1.82, 2.24) is 0 Å². The van der Waals surface area contributed by atoms with E-state index < -0.39 is 0 Å². The third-order valence-electron chi connectivity index (χ3n) is 4.69. The lowest BCUT2D eigenvalue weighted by atomic mass is 10.1. The van der Waals surface area contributed by atoms with E-state index in [0.717, 1.165) is 35.8 Å². The van der Waals surface area contributed by atoms with E-state index in [0.29, 0.717) is 18.7 Å². The van der Waals surface area contributed by atoms with Gasteiger partial charge in [0.25, 0.3) is 0 Å². The first-order valence-corrected chi connectivity index (χ1v) is 9.63. The molecule has 0 spiro atoms. The summed E-state index contributed by atoms with van der Waals surface area (Å²) in [7, 11) is 3.23. The number of methoxy groups -OCH3 is 2. The van der Waals surface area contributed by atoms with Gasteiger partial charge in [-0.05, 0) is 56.7 Å². The van der Waals surface area contributed by atoms with Crippen LogP contribution in [0.3, 0.4) is 0 Å². The molecule has 0 aromatic heterocycles. The Labute approximate surface area is 167 Å². The number of hydrogen-bond acceptors (Lipinski definition) is 5. The van der Waals surface area contributed by atoms with Gasteiger partial charge in [0.1, 0.15) is 11.5 Å². The van der Waals surface area contributed by atoms with Crippen molar-refractivity contribution < 1.29 is 14.3 Å². The normalized spacial score (nSPS) is 10.3. The van der Waals surface area contributed by atoms with Crippen molar-refractivity contribution in [3.63, 3.8) is 0 Å². The molecule has 0 saturated heterocycles. The summed E-state index contributed by atoms with van der Waals surface area (Å²) in [5, 5.41) is 6.23. The zero-order valence-electron chi connectivity index (χ0n) is 17.5. The van der Waals surface area contributed by atoms with Gasteiger partial charge >= 0.3 is 0 Å². The predicted molar refractivity (Wildman–Crippen MR) is 116 cm³/mol. The second kappa shape index (κ2) is 10.4. The number of nitrogens with zero attached hydrogens (tertiary/aromatic N) is 1. The molecule has 2 rings (SSSR count). The van der Waals surface area contributed by atoms with Crippen LogP contribution in [-0.2, 0) is 4.79 Å². The fourth-order valence-corrected chi connectivity index (χ4v) is 3.05. The zero-order valence-corrected chi connectivity index (χ0v) is 17.5. The van der Waals surface area contributed by atoms with Gasteiger partial charge < -0.3 is 25.0 Å². The van der Waals surface area contributed by atoms with Crippen LogP contribution in [0, 0.1) is 6.92 Å². The molecule has 0 saturated carbocycles. The summed E-state index contributed by atoms with van der Waals surface area (Å²) in [6.45, 7) is 8.70. The standard InChI is InChI=1S/C22H31N3O3/c1-6-25(7-2)17-8-10-19(16(3)14-17)24-22(26)12-13-23-20-15-18(27-4)9-11-21(20)28-5/h8-11,14-15,23H,6-7,12-13H2,1-5H3,(H,24,26). The second-order valence-electron chi connectivity index (χ2n) is 6.46. The molecule has 2 aromatic carbocycles. The maximum atomic E-state index is 12.3. The number of amides is 1. The summed E-state index contributed by atoms with van der Waals surface area (Å²) in [5.41, 5.74) is 3.88. The van der Waals surface area contributed by atoms with Crippen LogP contribution in [0.5, 0.6) is 11.5 Å². The molecule has 2 N–H and O–H groups in total. The second-order valence-corrected chi connectivity index (χ2v) is 6.46. The van der Waals surface area contributed by atoms with Crippen molar-refractivity contribution in [3.05, 3.63) is 42.0 Å². The fourth-order valence-electron chi connectivity index (χ4n) is 3.05. The molecule has 0 aliphatic heterocycles. The number of nitrogens with one attached hydrogen (secondary N) is 2. The van der Waals surface area contributed by atoms with Gasteiger partial charge in [-0.15, -0.1) is 0 Å². The topological polar surface area (TPSA) is 62.8 Å². The van der Waals surface area contributed by atoms with E-state index in [9.17, 15) is 4.79 Å².